The third-order valence-electron chi connectivity index (χ3n) is 6.78. The molecule has 0 spiro atoms. The van der Waals surface area contributed by atoms with E-state index in [0.29, 0.717) is 125 Å². The SMILES string of the molecule is CCCC/C=C/C=C/C=C\CCCCCCCC(=O)OCCOCCOCCOCCOCCOCCOCCOCCOCCOCCO. The Morgan fingerprint density at radius 1 is 0.420 bits per heavy atom. The van der Waals surface area contributed by atoms with Gasteiger partial charge < -0.3 is 52.5 Å². The largest absolute Gasteiger partial charge is 0.463 e. The number of unbranched alkanes of at least 4 members (excludes halogenated alkanes) is 7. The fraction of sp³-hybridized carbons (Fsp3) is 0.816. The van der Waals surface area contributed by atoms with Gasteiger partial charge in [-0.15, -0.1) is 0 Å². The lowest BCUT2D eigenvalue weighted by molar-refractivity contribution is -0.145. The van der Waals surface area contributed by atoms with Gasteiger partial charge in [-0.1, -0.05) is 75.5 Å². The smallest absolute Gasteiger partial charge is 0.305 e. The molecule has 0 aliphatic rings. The number of rotatable bonds is 42. The highest BCUT2D eigenvalue weighted by molar-refractivity contribution is 5.69. The van der Waals surface area contributed by atoms with Crippen LogP contribution < -0.4 is 0 Å². The maximum absolute atomic E-state index is 11.9. The van der Waals surface area contributed by atoms with E-state index in [1.54, 1.807) is 0 Å². The molecule has 0 aromatic rings. The molecule has 0 aliphatic carbocycles. The lowest BCUT2D eigenvalue weighted by Gasteiger charge is -2.09. The van der Waals surface area contributed by atoms with Gasteiger partial charge in [0.2, 0.25) is 0 Å². The first-order valence-electron chi connectivity index (χ1n) is 18.8. The molecule has 0 aromatic heterocycles. The Morgan fingerprint density at radius 2 is 0.760 bits per heavy atom. The Balaban J connectivity index is 3.19. The van der Waals surface area contributed by atoms with Crippen LogP contribution in [0.2, 0.25) is 0 Å². The topological polar surface area (TPSA) is 130 Å². The van der Waals surface area contributed by atoms with Crippen LogP contribution in [-0.2, 0) is 52.2 Å². The summed E-state index contributed by atoms with van der Waals surface area (Å²) in [6.45, 7) is 11.0. The Bertz CT molecular complexity index is 747. The van der Waals surface area contributed by atoms with Gasteiger partial charge in [-0.25, -0.2) is 0 Å². The van der Waals surface area contributed by atoms with E-state index in [9.17, 15) is 4.79 Å². The Labute approximate surface area is 302 Å². The summed E-state index contributed by atoms with van der Waals surface area (Å²) in [4.78, 5) is 11.9. The molecule has 0 fully saturated rings. The molecule has 1 N–H and O–H groups in total. The number of hydrogen-bond acceptors (Lipinski definition) is 12. The summed E-state index contributed by atoms with van der Waals surface area (Å²) in [5, 5.41) is 8.59. The summed E-state index contributed by atoms with van der Waals surface area (Å²) < 4.78 is 53.8. The van der Waals surface area contributed by atoms with Crippen LogP contribution in [0, 0.1) is 0 Å². The zero-order valence-corrected chi connectivity index (χ0v) is 31.1. The van der Waals surface area contributed by atoms with Crippen LogP contribution >= 0.6 is 0 Å². The van der Waals surface area contributed by atoms with Gasteiger partial charge in [0.25, 0.3) is 0 Å². The number of esters is 1. The molecule has 0 rings (SSSR count). The van der Waals surface area contributed by atoms with Crippen LogP contribution in [0.25, 0.3) is 0 Å². The van der Waals surface area contributed by atoms with E-state index in [2.05, 4.69) is 43.4 Å². The second-order valence-electron chi connectivity index (χ2n) is 11.1. The Hall–Kier alpha value is -1.71. The number of aliphatic hydroxyl groups is 1. The number of aliphatic hydroxyl groups excluding tert-OH is 1. The molecule has 0 aromatic carbocycles. The highest BCUT2D eigenvalue weighted by Gasteiger charge is 2.02. The van der Waals surface area contributed by atoms with Crippen molar-refractivity contribution in [2.45, 2.75) is 71.1 Å². The van der Waals surface area contributed by atoms with E-state index in [0.717, 1.165) is 32.1 Å². The molecule has 0 saturated heterocycles. The van der Waals surface area contributed by atoms with E-state index < -0.39 is 0 Å². The van der Waals surface area contributed by atoms with Crippen molar-refractivity contribution in [2.24, 2.45) is 0 Å². The second-order valence-corrected chi connectivity index (χ2v) is 11.1. The van der Waals surface area contributed by atoms with Gasteiger partial charge in [-0.3, -0.25) is 4.79 Å². The predicted octanol–water partition coefficient (Wildman–Crippen LogP) is 5.26. The second kappa shape index (κ2) is 45.3. The fourth-order valence-corrected chi connectivity index (χ4v) is 4.07. The predicted molar refractivity (Wildman–Crippen MR) is 195 cm³/mol. The van der Waals surface area contributed by atoms with Gasteiger partial charge in [0.15, 0.2) is 0 Å². The quantitative estimate of drug-likeness (QED) is 0.0502. The molecule has 294 valence electrons. The normalized spacial score (nSPS) is 12.0. The van der Waals surface area contributed by atoms with Crippen LogP contribution in [0.1, 0.15) is 71.1 Å². The first-order valence-corrected chi connectivity index (χ1v) is 18.8. The molecule has 0 amide bonds. The summed E-state index contributed by atoms with van der Waals surface area (Å²) in [5.41, 5.74) is 0. The summed E-state index contributed by atoms with van der Waals surface area (Å²) in [5.74, 6) is -0.155. The van der Waals surface area contributed by atoms with Crippen molar-refractivity contribution in [3.8, 4) is 0 Å². The molecule has 0 bridgehead atoms. The standard InChI is InChI=1S/C38H70O12/c1-2-3-4-5-6-7-8-9-10-11-12-13-14-15-16-17-38(40)50-37-36-49-35-34-48-33-32-47-31-30-46-29-28-45-27-26-44-25-24-43-23-22-42-21-20-41-19-18-39/h5-10,39H,2-4,11-37H2,1H3/b6-5+,8-7+,10-9-. The Kier molecular flexibility index (Phi) is 43.8. The minimum Gasteiger partial charge on any atom is -0.463 e. The fourth-order valence-electron chi connectivity index (χ4n) is 4.07. The molecule has 12 heteroatoms. The first-order chi connectivity index (χ1) is 24.8. The van der Waals surface area contributed by atoms with Gasteiger partial charge in [-0.05, 0) is 25.7 Å². The molecule has 50 heavy (non-hydrogen) atoms. The van der Waals surface area contributed by atoms with E-state index in [-0.39, 0.29) is 19.2 Å². The van der Waals surface area contributed by atoms with Crippen molar-refractivity contribution < 1.29 is 57.3 Å². The summed E-state index contributed by atoms with van der Waals surface area (Å²) in [6.07, 6.45) is 23.5. The maximum atomic E-state index is 11.9. The summed E-state index contributed by atoms with van der Waals surface area (Å²) in [6, 6.07) is 0. The highest BCUT2D eigenvalue weighted by atomic mass is 16.6. The number of carbonyl (C=O) groups is 1. The molecule has 12 nitrogen and oxygen atoms in total. The van der Waals surface area contributed by atoms with Gasteiger partial charge in [0.05, 0.1) is 126 Å². The molecule has 0 radical (unpaired) electrons. The number of hydrogen-bond donors (Lipinski definition) is 1. The third kappa shape index (κ3) is 44.3. The monoisotopic (exact) mass is 718 g/mol. The number of carbonyl (C=O) groups excluding carboxylic acids is 1. The van der Waals surface area contributed by atoms with Crippen LogP contribution in [0.5, 0.6) is 0 Å². The maximum Gasteiger partial charge on any atom is 0.305 e. The summed E-state index contributed by atoms with van der Waals surface area (Å²) >= 11 is 0. The van der Waals surface area contributed by atoms with Gasteiger partial charge >= 0.3 is 5.97 Å². The molecular formula is C38H70O12. The van der Waals surface area contributed by atoms with Crippen molar-refractivity contribution >= 4 is 5.97 Å². The lowest BCUT2D eigenvalue weighted by Crippen LogP contribution is -2.15. The zero-order chi connectivity index (χ0) is 36.1. The van der Waals surface area contributed by atoms with Crippen LogP contribution in [-0.4, -0.2) is 143 Å². The lowest BCUT2D eigenvalue weighted by atomic mass is 10.1. The third-order valence-corrected chi connectivity index (χ3v) is 6.78. The van der Waals surface area contributed by atoms with Gasteiger partial charge in [0.1, 0.15) is 6.61 Å². The minimum atomic E-state index is -0.155. The molecular weight excluding hydrogens is 648 g/mol. The van der Waals surface area contributed by atoms with Crippen molar-refractivity contribution in [1.82, 2.24) is 0 Å². The molecule has 0 unspecified atom stereocenters. The summed E-state index contributed by atoms with van der Waals surface area (Å²) in [7, 11) is 0. The zero-order valence-electron chi connectivity index (χ0n) is 31.1. The van der Waals surface area contributed by atoms with Crippen LogP contribution in [0.4, 0.5) is 0 Å². The molecule has 0 saturated carbocycles. The van der Waals surface area contributed by atoms with E-state index >= 15 is 0 Å². The Morgan fingerprint density at radius 3 is 1.16 bits per heavy atom. The van der Waals surface area contributed by atoms with Crippen molar-refractivity contribution in [3.63, 3.8) is 0 Å². The van der Waals surface area contributed by atoms with Gasteiger partial charge in [0, 0.05) is 6.42 Å². The number of allylic oxidation sites excluding steroid dienone is 6. The number of ether oxygens (including phenoxy) is 10. The molecule has 0 heterocycles. The highest BCUT2D eigenvalue weighted by Crippen LogP contribution is 2.08. The molecule has 0 aliphatic heterocycles. The van der Waals surface area contributed by atoms with Crippen LogP contribution in [0.15, 0.2) is 36.5 Å². The average Bonchev–Trinajstić information content (AvgIpc) is 3.12. The van der Waals surface area contributed by atoms with Gasteiger partial charge in [-0.2, -0.15) is 0 Å². The van der Waals surface area contributed by atoms with Crippen molar-refractivity contribution in [1.29, 1.82) is 0 Å². The molecule has 0 atom stereocenters. The minimum absolute atomic E-state index is 0.0231. The van der Waals surface area contributed by atoms with E-state index in [1.165, 1.54) is 25.7 Å². The van der Waals surface area contributed by atoms with E-state index in [1.807, 2.05) is 0 Å². The van der Waals surface area contributed by atoms with Crippen LogP contribution in [0.3, 0.4) is 0 Å². The van der Waals surface area contributed by atoms with Crippen molar-refractivity contribution in [2.75, 3.05) is 132 Å². The average molecular weight is 719 g/mol. The first kappa shape index (κ1) is 48.3. The van der Waals surface area contributed by atoms with Crippen molar-refractivity contribution in [3.05, 3.63) is 36.5 Å². The van der Waals surface area contributed by atoms with E-state index in [4.69, 9.17) is 52.5 Å².